The van der Waals surface area contributed by atoms with E-state index in [0.29, 0.717) is 35.4 Å². The molecular formula is C22H25ClN6O4S. The number of carbonyl (C=O) groups excluding carboxylic acids is 1. The first kappa shape index (κ1) is 25.2. The quantitative estimate of drug-likeness (QED) is 0.407. The monoisotopic (exact) mass is 504 g/mol. The van der Waals surface area contributed by atoms with E-state index >= 15 is 0 Å². The largest absolute Gasteiger partial charge is 0.381 e. The highest BCUT2D eigenvalue weighted by molar-refractivity contribution is 7.90. The van der Waals surface area contributed by atoms with Crippen molar-refractivity contribution in [3.63, 3.8) is 0 Å². The number of anilines is 1. The fourth-order valence-electron chi connectivity index (χ4n) is 3.57. The van der Waals surface area contributed by atoms with E-state index < -0.39 is 15.7 Å². The van der Waals surface area contributed by atoms with Crippen LogP contribution < -0.4 is 17.0 Å². The molecule has 0 atom stereocenters. The molecule has 12 heteroatoms. The van der Waals surface area contributed by atoms with E-state index in [1.165, 1.54) is 10.8 Å². The fraction of sp³-hybridized carbons (Fsp3) is 0.273. The standard InChI is InChI=1S/C15H18ClNO3S.C7H7N5O/c1-3-12-10-11-6-4-7-13(16)14(11)15(18)17(12)8-5-9-21(2,19)20;8-5-4(6(9)13)7-10-2-1-3-12(7)11-5/h4,6-7,10H,3,5,8-9H2,1-2H3;1-3H,(H2,8,11)(H2,9,13). The predicted octanol–water partition coefficient (Wildman–Crippen LogP) is 2.06. The van der Waals surface area contributed by atoms with E-state index in [0.717, 1.165) is 11.1 Å². The van der Waals surface area contributed by atoms with Crippen LogP contribution in [0.3, 0.4) is 0 Å². The van der Waals surface area contributed by atoms with E-state index in [4.69, 9.17) is 23.1 Å². The fourth-order valence-corrected chi connectivity index (χ4v) is 4.49. The van der Waals surface area contributed by atoms with Crippen molar-refractivity contribution < 1.29 is 13.2 Å². The van der Waals surface area contributed by atoms with E-state index in [1.807, 2.05) is 25.1 Å². The van der Waals surface area contributed by atoms with E-state index in [1.54, 1.807) is 29.1 Å². The Bertz CT molecular complexity index is 1530. The van der Waals surface area contributed by atoms with Gasteiger partial charge in [0, 0.05) is 30.9 Å². The van der Waals surface area contributed by atoms with Crippen molar-refractivity contribution in [3.8, 4) is 0 Å². The molecule has 4 N–H and O–H groups in total. The summed E-state index contributed by atoms with van der Waals surface area (Å²) in [7, 11) is -3.02. The van der Waals surface area contributed by atoms with Gasteiger partial charge in [0.25, 0.3) is 11.5 Å². The summed E-state index contributed by atoms with van der Waals surface area (Å²) in [6.45, 7) is 2.36. The molecule has 4 aromatic rings. The molecule has 0 bridgehead atoms. The molecule has 0 saturated carbocycles. The number of hydrogen-bond acceptors (Lipinski definition) is 7. The number of nitrogens with zero attached hydrogens (tertiary/aromatic N) is 4. The molecule has 0 saturated heterocycles. The zero-order valence-electron chi connectivity index (χ0n) is 18.7. The first-order chi connectivity index (χ1) is 16.0. The average molecular weight is 505 g/mol. The van der Waals surface area contributed by atoms with Crippen molar-refractivity contribution in [1.82, 2.24) is 19.2 Å². The topological polar surface area (TPSA) is 155 Å². The molecule has 4 rings (SSSR count). The zero-order chi connectivity index (χ0) is 25.0. The maximum absolute atomic E-state index is 12.6. The van der Waals surface area contributed by atoms with Crippen molar-refractivity contribution >= 4 is 49.6 Å². The second-order valence-electron chi connectivity index (χ2n) is 7.65. The van der Waals surface area contributed by atoms with E-state index in [9.17, 15) is 18.0 Å². The van der Waals surface area contributed by atoms with Gasteiger partial charge in [-0.1, -0.05) is 30.7 Å². The molecule has 0 aliphatic heterocycles. The number of amides is 1. The molecule has 0 unspecified atom stereocenters. The number of halogens is 1. The van der Waals surface area contributed by atoms with Crippen molar-refractivity contribution in [1.29, 1.82) is 0 Å². The van der Waals surface area contributed by atoms with Gasteiger partial charge in [-0.2, -0.15) is 0 Å². The van der Waals surface area contributed by atoms with Crippen molar-refractivity contribution in [2.75, 3.05) is 17.7 Å². The molecule has 0 aliphatic rings. The first-order valence-corrected chi connectivity index (χ1v) is 12.8. The number of aromatic nitrogens is 4. The highest BCUT2D eigenvalue weighted by Gasteiger charge is 2.15. The Labute approximate surface area is 201 Å². The van der Waals surface area contributed by atoms with Crippen LogP contribution >= 0.6 is 11.6 Å². The number of fused-ring (bicyclic) bond motifs is 2. The molecule has 34 heavy (non-hydrogen) atoms. The van der Waals surface area contributed by atoms with Crippen LogP contribution in [0.15, 0.2) is 47.5 Å². The molecule has 10 nitrogen and oxygen atoms in total. The van der Waals surface area contributed by atoms with Gasteiger partial charge in [0.15, 0.2) is 11.5 Å². The number of carbonyl (C=O) groups is 1. The van der Waals surface area contributed by atoms with Gasteiger partial charge in [-0.05, 0) is 36.4 Å². The Hall–Kier alpha value is -3.44. The number of sulfone groups is 1. The van der Waals surface area contributed by atoms with Crippen LogP contribution in [0.2, 0.25) is 5.02 Å². The molecule has 0 fully saturated rings. The highest BCUT2D eigenvalue weighted by Crippen LogP contribution is 2.21. The van der Waals surface area contributed by atoms with Crippen molar-refractivity contribution in [3.05, 3.63) is 69.4 Å². The average Bonchev–Trinajstić information content (AvgIpc) is 3.10. The summed E-state index contributed by atoms with van der Waals surface area (Å²) in [6.07, 6.45) is 5.51. The maximum Gasteiger partial charge on any atom is 0.260 e. The van der Waals surface area contributed by atoms with E-state index in [2.05, 4.69) is 10.1 Å². The van der Waals surface area contributed by atoms with Gasteiger partial charge in [0.1, 0.15) is 15.4 Å². The molecule has 0 spiro atoms. The Morgan fingerprint density at radius 3 is 2.62 bits per heavy atom. The third-order valence-corrected chi connectivity index (χ3v) is 6.45. The molecule has 0 aliphatic carbocycles. The van der Waals surface area contributed by atoms with Gasteiger partial charge < -0.3 is 16.0 Å². The summed E-state index contributed by atoms with van der Waals surface area (Å²) in [6, 6.07) is 9.01. The minimum atomic E-state index is -3.02. The summed E-state index contributed by atoms with van der Waals surface area (Å²) in [4.78, 5) is 27.5. The maximum atomic E-state index is 12.6. The summed E-state index contributed by atoms with van der Waals surface area (Å²) in [5.74, 6) is -0.444. The second kappa shape index (κ2) is 10.2. The lowest BCUT2D eigenvalue weighted by atomic mass is 10.1. The molecule has 3 aromatic heterocycles. The van der Waals surface area contributed by atoms with Crippen LogP contribution in [0.5, 0.6) is 0 Å². The molecule has 0 radical (unpaired) electrons. The lowest BCUT2D eigenvalue weighted by Gasteiger charge is -2.13. The summed E-state index contributed by atoms with van der Waals surface area (Å²) < 4.78 is 25.5. The smallest absolute Gasteiger partial charge is 0.260 e. The van der Waals surface area contributed by atoms with Crippen LogP contribution in [0.1, 0.15) is 29.4 Å². The number of aryl methyl sites for hydroxylation is 1. The third-order valence-electron chi connectivity index (χ3n) is 5.10. The molecule has 3 heterocycles. The Balaban J connectivity index is 0.000000212. The van der Waals surface area contributed by atoms with Gasteiger partial charge in [-0.15, -0.1) is 5.10 Å². The van der Waals surface area contributed by atoms with Crippen molar-refractivity contribution in [2.24, 2.45) is 5.73 Å². The second-order valence-corrected chi connectivity index (χ2v) is 10.3. The van der Waals surface area contributed by atoms with Gasteiger partial charge in [-0.3, -0.25) is 9.59 Å². The molecule has 180 valence electrons. The number of primary amides is 1. The van der Waals surface area contributed by atoms with Crippen LogP contribution in [-0.2, 0) is 22.8 Å². The molecular weight excluding hydrogens is 480 g/mol. The minimum absolute atomic E-state index is 0.0726. The Morgan fingerprint density at radius 1 is 1.24 bits per heavy atom. The van der Waals surface area contributed by atoms with Crippen LogP contribution in [-0.4, -0.2) is 45.5 Å². The summed E-state index contributed by atoms with van der Waals surface area (Å²) in [5.41, 5.74) is 11.9. The number of rotatable bonds is 6. The Kier molecular flexibility index (Phi) is 7.57. The lowest BCUT2D eigenvalue weighted by Crippen LogP contribution is -2.25. The van der Waals surface area contributed by atoms with Gasteiger partial charge >= 0.3 is 0 Å². The highest BCUT2D eigenvalue weighted by atomic mass is 35.5. The number of nitrogen functional groups attached to an aromatic ring is 1. The van der Waals surface area contributed by atoms with Gasteiger partial charge in [0.05, 0.1) is 16.2 Å². The van der Waals surface area contributed by atoms with E-state index in [-0.39, 0.29) is 22.7 Å². The van der Waals surface area contributed by atoms with Crippen LogP contribution in [0, 0.1) is 0 Å². The van der Waals surface area contributed by atoms with Crippen LogP contribution in [0.25, 0.3) is 16.4 Å². The third kappa shape index (κ3) is 5.54. The number of nitrogens with two attached hydrogens (primary N) is 2. The van der Waals surface area contributed by atoms with Gasteiger partial charge in [-0.25, -0.2) is 17.9 Å². The minimum Gasteiger partial charge on any atom is -0.381 e. The zero-order valence-corrected chi connectivity index (χ0v) is 20.3. The number of pyridine rings is 1. The molecule has 1 aromatic carbocycles. The van der Waals surface area contributed by atoms with Gasteiger partial charge in [0.2, 0.25) is 0 Å². The van der Waals surface area contributed by atoms with Crippen molar-refractivity contribution in [2.45, 2.75) is 26.3 Å². The summed E-state index contributed by atoms with van der Waals surface area (Å²) >= 11 is 6.13. The first-order valence-electron chi connectivity index (χ1n) is 10.4. The SMILES string of the molecule is CCc1cc2cccc(Cl)c2c(=O)n1CCCS(C)(=O)=O.NC(=O)c1c(N)nn2cccnc12. The van der Waals surface area contributed by atoms with Crippen LogP contribution in [0.4, 0.5) is 5.82 Å². The number of benzene rings is 1. The summed E-state index contributed by atoms with van der Waals surface area (Å²) in [5, 5.41) is 5.61. The Morgan fingerprint density at radius 2 is 1.97 bits per heavy atom. The number of hydrogen-bond donors (Lipinski definition) is 2. The lowest BCUT2D eigenvalue weighted by molar-refractivity contribution is 0.100. The molecule has 1 amide bonds. The normalized spacial score (nSPS) is 11.4. The predicted molar refractivity (Wildman–Crippen MR) is 133 cm³/mol.